The maximum atomic E-state index is 12.0. The number of halogens is 1. The fourth-order valence-electron chi connectivity index (χ4n) is 4.01. The molecule has 3 aliphatic rings. The van der Waals surface area contributed by atoms with E-state index in [1.165, 1.54) is 0 Å². The Bertz CT molecular complexity index is 428. The topological polar surface area (TPSA) is 34.1 Å². The molecule has 1 saturated heterocycles. The monoisotopic (exact) mass is 246 g/mol. The molecule has 3 atom stereocenters. The van der Waals surface area contributed by atoms with Crippen LogP contribution in [0.5, 0.6) is 0 Å². The molecular formula is C11H15ClO2S. The second-order valence-electron chi connectivity index (χ2n) is 5.29. The minimum Gasteiger partial charge on any atom is -0.227 e. The van der Waals surface area contributed by atoms with E-state index in [1.807, 2.05) is 0 Å². The Kier molecular flexibility index (Phi) is 1.90. The molecule has 1 heterocycles. The van der Waals surface area contributed by atoms with Gasteiger partial charge < -0.3 is 0 Å². The smallest absolute Gasteiger partial charge is 0.168 e. The van der Waals surface area contributed by atoms with Gasteiger partial charge in [-0.15, -0.1) is 11.6 Å². The molecule has 4 heteroatoms. The molecule has 1 aliphatic heterocycles. The largest absolute Gasteiger partial charge is 0.227 e. The maximum absolute atomic E-state index is 12.0. The van der Waals surface area contributed by atoms with Gasteiger partial charge in [-0.3, -0.25) is 0 Å². The summed E-state index contributed by atoms with van der Waals surface area (Å²) >= 11 is 6.24. The van der Waals surface area contributed by atoms with Crippen LogP contribution in [-0.4, -0.2) is 18.9 Å². The summed E-state index contributed by atoms with van der Waals surface area (Å²) in [5.41, 5.74) is -0.158. The van der Waals surface area contributed by atoms with Crippen molar-refractivity contribution in [3.63, 3.8) is 0 Å². The SMILES string of the molecule is O=S1(=O)C[C@]23CC=CC[C@@]2(CCC3)[C@@H]1Cl. The van der Waals surface area contributed by atoms with Gasteiger partial charge in [0, 0.05) is 5.41 Å². The third kappa shape index (κ3) is 1.04. The van der Waals surface area contributed by atoms with E-state index < -0.39 is 14.5 Å². The Hall–Kier alpha value is -0.0200. The molecule has 2 fully saturated rings. The number of hydrogen-bond donors (Lipinski definition) is 0. The number of allylic oxidation sites excluding steroid dienone is 2. The molecule has 0 aromatic carbocycles. The van der Waals surface area contributed by atoms with Gasteiger partial charge >= 0.3 is 0 Å². The van der Waals surface area contributed by atoms with Crippen LogP contribution in [0.4, 0.5) is 0 Å². The van der Waals surface area contributed by atoms with E-state index in [0.29, 0.717) is 5.75 Å². The van der Waals surface area contributed by atoms with Crippen LogP contribution in [0.15, 0.2) is 12.2 Å². The second kappa shape index (κ2) is 2.80. The third-order valence-corrected chi connectivity index (χ3v) is 7.99. The van der Waals surface area contributed by atoms with Crippen molar-refractivity contribution in [1.82, 2.24) is 0 Å². The zero-order valence-corrected chi connectivity index (χ0v) is 10.1. The Balaban J connectivity index is 2.19. The van der Waals surface area contributed by atoms with Gasteiger partial charge in [-0.2, -0.15) is 0 Å². The van der Waals surface area contributed by atoms with Crippen LogP contribution in [-0.2, 0) is 9.84 Å². The number of sulfone groups is 1. The molecule has 1 saturated carbocycles. The summed E-state index contributed by atoms with van der Waals surface area (Å²) in [7, 11) is -3.06. The summed E-state index contributed by atoms with van der Waals surface area (Å²) in [6.45, 7) is 0. The van der Waals surface area contributed by atoms with Crippen molar-refractivity contribution in [2.24, 2.45) is 10.8 Å². The van der Waals surface area contributed by atoms with Gasteiger partial charge in [0.25, 0.3) is 0 Å². The average molecular weight is 247 g/mol. The normalized spacial score (nSPS) is 51.4. The lowest BCUT2D eigenvalue weighted by atomic mass is 9.62. The molecule has 0 aromatic heterocycles. The number of alkyl halides is 1. The zero-order valence-electron chi connectivity index (χ0n) is 8.58. The number of hydrogen-bond acceptors (Lipinski definition) is 2. The molecule has 0 bridgehead atoms. The van der Waals surface area contributed by atoms with Crippen molar-refractivity contribution in [3.8, 4) is 0 Å². The first kappa shape index (κ1) is 10.2. The predicted molar refractivity (Wildman–Crippen MR) is 60.5 cm³/mol. The lowest BCUT2D eigenvalue weighted by Crippen LogP contribution is -2.40. The molecule has 3 rings (SSSR count). The van der Waals surface area contributed by atoms with Crippen LogP contribution in [0.3, 0.4) is 0 Å². The van der Waals surface area contributed by atoms with Gasteiger partial charge in [-0.25, -0.2) is 8.42 Å². The average Bonchev–Trinajstić information content (AvgIpc) is 2.61. The predicted octanol–water partition coefficient (Wildman–Crippen LogP) is 2.49. The molecule has 2 aliphatic carbocycles. The van der Waals surface area contributed by atoms with E-state index in [-0.39, 0.29) is 10.8 Å². The second-order valence-corrected chi connectivity index (χ2v) is 8.07. The van der Waals surface area contributed by atoms with E-state index in [0.717, 1.165) is 32.1 Å². The van der Waals surface area contributed by atoms with Crippen LogP contribution in [0.2, 0.25) is 0 Å². The minimum absolute atomic E-state index is 0.0208. The van der Waals surface area contributed by atoms with E-state index in [1.54, 1.807) is 0 Å². The van der Waals surface area contributed by atoms with Crippen LogP contribution < -0.4 is 0 Å². The molecule has 0 unspecified atom stereocenters. The molecule has 15 heavy (non-hydrogen) atoms. The first-order chi connectivity index (χ1) is 7.03. The summed E-state index contributed by atoms with van der Waals surface area (Å²) in [6.07, 6.45) is 9.22. The summed E-state index contributed by atoms with van der Waals surface area (Å²) < 4.78 is 23.3. The minimum atomic E-state index is -3.06. The van der Waals surface area contributed by atoms with E-state index in [9.17, 15) is 8.42 Å². The van der Waals surface area contributed by atoms with Crippen molar-refractivity contribution in [2.45, 2.75) is 36.8 Å². The van der Waals surface area contributed by atoms with Crippen LogP contribution in [0.1, 0.15) is 32.1 Å². The zero-order chi connectivity index (χ0) is 10.7. The van der Waals surface area contributed by atoms with Gasteiger partial charge in [-0.1, -0.05) is 18.6 Å². The van der Waals surface area contributed by atoms with Gasteiger partial charge in [0.2, 0.25) is 0 Å². The van der Waals surface area contributed by atoms with Crippen molar-refractivity contribution >= 4 is 21.4 Å². The highest BCUT2D eigenvalue weighted by Crippen LogP contribution is 2.67. The Labute approximate surface area is 95.6 Å². The Morgan fingerprint density at radius 2 is 1.93 bits per heavy atom. The van der Waals surface area contributed by atoms with Gasteiger partial charge in [-0.05, 0) is 31.1 Å². The van der Waals surface area contributed by atoms with E-state index in [2.05, 4.69) is 12.2 Å². The summed E-state index contributed by atoms with van der Waals surface area (Å²) in [4.78, 5) is 0. The fourth-order valence-corrected chi connectivity index (χ4v) is 7.24. The summed E-state index contributed by atoms with van der Waals surface area (Å²) in [5.74, 6) is 0.318. The summed E-state index contributed by atoms with van der Waals surface area (Å²) in [5, 5.41) is 0. The van der Waals surface area contributed by atoms with Crippen LogP contribution in [0.25, 0.3) is 0 Å². The molecule has 0 amide bonds. The van der Waals surface area contributed by atoms with Crippen LogP contribution in [0, 0.1) is 10.8 Å². The Morgan fingerprint density at radius 3 is 2.67 bits per heavy atom. The van der Waals surface area contributed by atoms with E-state index >= 15 is 0 Å². The third-order valence-electron chi connectivity index (χ3n) is 4.72. The first-order valence-electron chi connectivity index (χ1n) is 5.53. The van der Waals surface area contributed by atoms with Crippen molar-refractivity contribution < 1.29 is 8.42 Å². The lowest BCUT2D eigenvalue weighted by Gasteiger charge is -2.42. The molecular weight excluding hydrogens is 232 g/mol. The molecule has 0 spiro atoms. The van der Waals surface area contributed by atoms with Gasteiger partial charge in [0.15, 0.2) is 9.84 Å². The summed E-state index contributed by atoms with van der Waals surface area (Å²) in [6, 6.07) is 0. The van der Waals surface area contributed by atoms with Crippen molar-refractivity contribution in [3.05, 3.63) is 12.2 Å². The highest BCUT2D eigenvalue weighted by Gasteiger charge is 2.67. The molecule has 0 radical (unpaired) electrons. The molecule has 0 aromatic rings. The maximum Gasteiger partial charge on any atom is 0.168 e. The number of rotatable bonds is 0. The highest BCUT2D eigenvalue weighted by atomic mass is 35.5. The van der Waals surface area contributed by atoms with Gasteiger partial charge in [0.05, 0.1) is 5.75 Å². The molecule has 0 N–H and O–H groups in total. The van der Waals surface area contributed by atoms with E-state index in [4.69, 9.17) is 11.6 Å². The Morgan fingerprint density at radius 1 is 1.20 bits per heavy atom. The molecule has 2 nitrogen and oxygen atoms in total. The fraction of sp³-hybridized carbons (Fsp3) is 0.818. The van der Waals surface area contributed by atoms with Gasteiger partial charge in [0.1, 0.15) is 4.71 Å². The van der Waals surface area contributed by atoms with Crippen molar-refractivity contribution in [1.29, 1.82) is 0 Å². The standard InChI is InChI=1S/C11H15ClO2S/c12-9-11-6-2-1-4-10(11,5-3-7-11)8-15(9,13)14/h1-2,9H,3-8H2/t9-,10-,11-/m1/s1. The van der Waals surface area contributed by atoms with Crippen LogP contribution >= 0.6 is 11.6 Å². The lowest BCUT2D eigenvalue weighted by molar-refractivity contribution is 0.122. The quantitative estimate of drug-likeness (QED) is 0.486. The van der Waals surface area contributed by atoms with Crippen molar-refractivity contribution in [2.75, 3.05) is 5.75 Å². The molecule has 84 valence electrons. The highest BCUT2D eigenvalue weighted by molar-refractivity contribution is 7.93. The first-order valence-corrected chi connectivity index (χ1v) is 7.68.